The molecule has 1 N–H and O–H groups in total. The van der Waals surface area contributed by atoms with E-state index in [1.807, 2.05) is 0 Å². The van der Waals surface area contributed by atoms with Crippen LogP contribution in [0.2, 0.25) is 0 Å². The number of non-ortho nitro benzene ring substituents is 1. The van der Waals surface area contributed by atoms with Gasteiger partial charge in [-0.3, -0.25) is 10.1 Å². The van der Waals surface area contributed by atoms with Crippen LogP contribution in [0, 0.1) is 10.1 Å². The van der Waals surface area contributed by atoms with E-state index in [0.717, 1.165) is 15.6 Å². The molecule has 0 spiro atoms. The van der Waals surface area contributed by atoms with Gasteiger partial charge < -0.3 is 0 Å². The Balaban J connectivity index is 2.40. The Morgan fingerprint density at radius 1 is 1.42 bits per heavy atom. The first-order valence-corrected chi connectivity index (χ1v) is 7.30. The lowest BCUT2D eigenvalue weighted by Gasteiger charge is -2.10. The summed E-state index contributed by atoms with van der Waals surface area (Å²) in [6.45, 7) is 0. The minimum atomic E-state index is -3.63. The fraction of sp³-hybridized carbons (Fsp3) is 0.222. The third kappa shape index (κ3) is 2.80. The monoisotopic (exact) mass is 302 g/mol. The molecule has 2 rings (SSSR count). The average molecular weight is 302 g/mol. The second-order valence-electron chi connectivity index (χ2n) is 3.82. The van der Waals surface area contributed by atoms with Crippen molar-refractivity contribution in [3.63, 3.8) is 0 Å². The lowest BCUT2D eigenvalue weighted by molar-refractivity contribution is -0.384. The van der Waals surface area contributed by atoms with E-state index in [0.29, 0.717) is 10.2 Å². The summed E-state index contributed by atoms with van der Waals surface area (Å²) >= 11 is 1.04. The van der Waals surface area contributed by atoms with Crippen molar-refractivity contribution in [3.05, 3.63) is 28.3 Å². The Hall–Kier alpha value is -1.78. The molecule has 102 valence electrons. The van der Waals surface area contributed by atoms with Crippen molar-refractivity contribution in [1.29, 1.82) is 0 Å². The molecule has 0 atom stereocenters. The van der Waals surface area contributed by atoms with Crippen molar-refractivity contribution in [2.24, 2.45) is 0 Å². The summed E-state index contributed by atoms with van der Waals surface area (Å²) in [6, 6.07) is 4.17. The summed E-state index contributed by atoms with van der Waals surface area (Å²) in [4.78, 5) is 14.2. The number of benzene rings is 1. The van der Waals surface area contributed by atoms with Crippen LogP contribution in [0.4, 0.5) is 10.8 Å². The second kappa shape index (κ2) is 4.72. The van der Waals surface area contributed by atoms with E-state index in [-0.39, 0.29) is 10.8 Å². The van der Waals surface area contributed by atoms with E-state index in [4.69, 9.17) is 0 Å². The molecule has 0 amide bonds. The molecule has 2 aromatic rings. The maximum atomic E-state index is 11.6. The lowest BCUT2D eigenvalue weighted by Crippen LogP contribution is -2.28. The van der Waals surface area contributed by atoms with Crippen LogP contribution in [0.25, 0.3) is 10.2 Å². The van der Waals surface area contributed by atoms with Crippen LogP contribution in [-0.4, -0.2) is 36.7 Å². The molecule has 10 heteroatoms. The Labute approximate surface area is 113 Å². The molecular weight excluding hydrogens is 292 g/mol. The van der Waals surface area contributed by atoms with Crippen molar-refractivity contribution in [1.82, 2.24) is 9.29 Å². The van der Waals surface area contributed by atoms with Gasteiger partial charge in [0.05, 0.1) is 15.1 Å². The second-order valence-corrected chi connectivity index (χ2v) is 6.73. The van der Waals surface area contributed by atoms with Gasteiger partial charge in [-0.25, -0.2) is 9.71 Å². The zero-order valence-electron chi connectivity index (χ0n) is 10.0. The van der Waals surface area contributed by atoms with Gasteiger partial charge in [-0.15, -0.1) is 0 Å². The van der Waals surface area contributed by atoms with Crippen LogP contribution in [-0.2, 0) is 10.2 Å². The standard InChI is InChI=1S/C9H10N4O4S2/c1-12(2)19(16,17)11-9-10-7-4-3-6(13(14)15)5-8(7)18-9/h3-5H,1-2H3,(H,10,11). The van der Waals surface area contributed by atoms with Crippen molar-refractivity contribution in [2.75, 3.05) is 18.8 Å². The van der Waals surface area contributed by atoms with E-state index in [1.54, 1.807) is 0 Å². The highest BCUT2D eigenvalue weighted by molar-refractivity contribution is 7.90. The number of nitrogens with one attached hydrogen (secondary N) is 1. The first-order chi connectivity index (χ1) is 8.79. The topological polar surface area (TPSA) is 105 Å². The summed E-state index contributed by atoms with van der Waals surface area (Å²) < 4.78 is 27.1. The fourth-order valence-corrected chi connectivity index (χ4v) is 2.95. The quantitative estimate of drug-likeness (QED) is 0.679. The SMILES string of the molecule is CN(C)S(=O)(=O)Nc1nc2ccc([N+](=O)[O-])cc2s1. The van der Waals surface area contributed by atoms with Crippen molar-refractivity contribution < 1.29 is 13.3 Å². The van der Waals surface area contributed by atoms with Crippen LogP contribution in [0.15, 0.2) is 18.2 Å². The molecule has 0 unspecified atom stereocenters. The van der Waals surface area contributed by atoms with Crippen LogP contribution < -0.4 is 4.72 Å². The van der Waals surface area contributed by atoms with Gasteiger partial charge in [0.2, 0.25) is 0 Å². The normalized spacial score (nSPS) is 11.9. The number of thiazole rings is 1. The molecule has 1 aromatic carbocycles. The molecule has 0 radical (unpaired) electrons. The van der Waals surface area contributed by atoms with Gasteiger partial charge >= 0.3 is 10.2 Å². The van der Waals surface area contributed by atoms with Crippen LogP contribution in [0.1, 0.15) is 0 Å². The minimum absolute atomic E-state index is 0.0573. The first-order valence-electron chi connectivity index (χ1n) is 5.05. The van der Waals surface area contributed by atoms with Crippen LogP contribution in [0.3, 0.4) is 0 Å². The number of fused-ring (bicyclic) bond motifs is 1. The Morgan fingerprint density at radius 3 is 2.68 bits per heavy atom. The molecular formula is C9H10N4O4S2. The van der Waals surface area contributed by atoms with Crippen molar-refractivity contribution in [3.8, 4) is 0 Å². The highest BCUT2D eigenvalue weighted by atomic mass is 32.2. The molecule has 8 nitrogen and oxygen atoms in total. The summed E-state index contributed by atoms with van der Waals surface area (Å²) in [5, 5.41) is 10.8. The molecule has 0 saturated carbocycles. The maximum Gasteiger partial charge on any atom is 0.302 e. The van der Waals surface area contributed by atoms with Crippen LogP contribution in [0.5, 0.6) is 0 Å². The first kappa shape index (κ1) is 13.6. The van der Waals surface area contributed by atoms with Gasteiger partial charge in [-0.2, -0.15) is 12.7 Å². The molecule has 0 fully saturated rings. The largest absolute Gasteiger partial charge is 0.302 e. The highest BCUT2D eigenvalue weighted by Gasteiger charge is 2.16. The number of nitro groups is 1. The zero-order valence-corrected chi connectivity index (χ0v) is 11.7. The zero-order chi connectivity index (χ0) is 14.2. The Kier molecular flexibility index (Phi) is 3.39. The molecule has 0 aliphatic heterocycles. The number of nitrogens with zero attached hydrogens (tertiary/aromatic N) is 3. The van der Waals surface area contributed by atoms with E-state index in [1.165, 1.54) is 32.3 Å². The van der Waals surface area contributed by atoms with Gasteiger partial charge in [0, 0.05) is 26.2 Å². The van der Waals surface area contributed by atoms with E-state index < -0.39 is 15.1 Å². The Morgan fingerprint density at radius 2 is 2.11 bits per heavy atom. The van der Waals surface area contributed by atoms with Gasteiger partial charge in [-0.05, 0) is 6.07 Å². The highest BCUT2D eigenvalue weighted by Crippen LogP contribution is 2.29. The minimum Gasteiger partial charge on any atom is -0.258 e. The molecule has 0 saturated heterocycles. The average Bonchev–Trinajstić information content (AvgIpc) is 2.68. The molecule has 1 aromatic heterocycles. The van der Waals surface area contributed by atoms with E-state index in [2.05, 4.69) is 9.71 Å². The number of aromatic nitrogens is 1. The molecule has 19 heavy (non-hydrogen) atoms. The predicted octanol–water partition coefficient (Wildman–Crippen LogP) is 1.42. The van der Waals surface area contributed by atoms with Crippen molar-refractivity contribution in [2.45, 2.75) is 0 Å². The smallest absolute Gasteiger partial charge is 0.258 e. The molecule has 1 heterocycles. The molecule has 0 bridgehead atoms. The lowest BCUT2D eigenvalue weighted by atomic mass is 10.3. The van der Waals surface area contributed by atoms with Gasteiger partial charge in [-0.1, -0.05) is 11.3 Å². The molecule has 0 aliphatic carbocycles. The van der Waals surface area contributed by atoms with Gasteiger partial charge in [0.25, 0.3) is 5.69 Å². The summed E-state index contributed by atoms with van der Waals surface area (Å²) in [6.07, 6.45) is 0. The third-order valence-corrected chi connectivity index (χ3v) is 4.76. The Bertz CT molecular complexity index is 738. The van der Waals surface area contributed by atoms with Crippen molar-refractivity contribution >= 4 is 42.6 Å². The number of nitro benzene ring substituents is 1. The summed E-state index contributed by atoms with van der Waals surface area (Å²) in [7, 11) is -0.849. The number of hydrogen-bond acceptors (Lipinski definition) is 6. The number of hydrogen-bond donors (Lipinski definition) is 1. The fourth-order valence-electron chi connectivity index (χ4n) is 1.27. The van der Waals surface area contributed by atoms with E-state index >= 15 is 0 Å². The van der Waals surface area contributed by atoms with Crippen LogP contribution >= 0.6 is 11.3 Å². The maximum absolute atomic E-state index is 11.6. The van der Waals surface area contributed by atoms with Gasteiger partial charge in [0.15, 0.2) is 5.13 Å². The van der Waals surface area contributed by atoms with E-state index in [9.17, 15) is 18.5 Å². The number of rotatable bonds is 4. The summed E-state index contributed by atoms with van der Waals surface area (Å²) in [5.41, 5.74) is 0.449. The predicted molar refractivity (Wildman–Crippen MR) is 72.5 cm³/mol. The number of anilines is 1. The van der Waals surface area contributed by atoms with Gasteiger partial charge in [0.1, 0.15) is 0 Å². The third-order valence-electron chi connectivity index (χ3n) is 2.28. The molecule has 0 aliphatic rings. The summed E-state index contributed by atoms with van der Waals surface area (Å²) in [5.74, 6) is 0.